The Morgan fingerprint density at radius 3 is 2.45 bits per heavy atom. The molecular formula is C13H19NO4S2. The predicted octanol–water partition coefficient (Wildman–Crippen LogP) is 1.73. The highest BCUT2D eigenvalue weighted by Crippen LogP contribution is 2.12. The molecule has 7 heteroatoms. The van der Waals surface area contributed by atoms with Crippen molar-refractivity contribution in [1.29, 1.82) is 0 Å². The third-order valence-electron chi connectivity index (χ3n) is 2.70. The fourth-order valence-corrected chi connectivity index (χ4v) is 3.51. The molecule has 0 aromatic heterocycles. The molecular weight excluding hydrogens is 298 g/mol. The van der Waals surface area contributed by atoms with Gasteiger partial charge in [-0.3, -0.25) is 4.79 Å². The minimum Gasteiger partial charge on any atom is -0.481 e. The molecule has 1 atom stereocenters. The van der Waals surface area contributed by atoms with E-state index in [2.05, 4.69) is 4.72 Å². The summed E-state index contributed by atoms with van der Waals surface area (Å²) in [6.45, 7) is 1.83. The molecule has 0 saturated heterocycles. The second kappa shape index (κ2) is 7.66. The highest BCUT2D eigenvalue weighted by atomic mass is 32.2. The lowest BCUT2D eigenvalue weighted by atomic mass is 10.2. The molecule has 112 valence electrons. The minimum atomic E-state index is -3.54. The Bertz CT molecular complexity index is 540. The van der Waals surface area contributed by atoms with Crippen LogP contribution in [-0.2, 0) is 21.2 Å². The molecule has 1 rings (SSSR count). The van der Waals surface area contributed by atoms with Gasteiger partial charge >= 0.3 is 5.97 Å². The van der Waals surface area contributed by atoms with Crippen molar-refractivity contribution in [3.63, 3.8) is 0 Å². The maximum absolute atomic E-state index is 12.1. The van der Waals surface area contributed by atoms with E-state index in [1.54, 1.807) is 11.8 Å². The van der Waals surface area contributed by atoms with E-state index < -0.39 is 16.0 Å². The van der Waals surface area contributed by atoms with E-state index in [9.17, 15) is 13.2 Å². The standard InChI is InChI=1S/C13H19NO4S2/c1-10(7-8-19-2)14-20(17,18)12-5-3-11(4-6-12)9-13(15)16/h3-6,10,14H,7-9H2,1-2H3,(H,15,16). The lowest BCUT2D eigenvalue weighted by Gasteiger charge is -2.13. The van der Waals surface area contributed by atoms with Crippen molar-refractivity contribution < 1.29 is 18.3 Å². The molecule has 0 heterocycles. The first-order valence-corrected chi connectivity index (χ1v) is 9.05. The summed E-state index contributed by atoms with van der Waals surface area (Å²) >= 11 is 1.67. The molecule has 1 unspecified atom stereocenters. The van der Waals surface area contributed by atoms with Crippen LogP contribution in [0.5, 0.6) is 0 Å². The number of thioether (sulfide) groups is 1. The minimum absolute atomic E-state index is 0.113. The molecule has 0 aliphatic rings. The normalized spacial score (nSPS) is 13.1. The number of benzene rings is 1. The number of nitrogens with one attached hydrogen (secondary N) is 1. The molecule has 1 aromatic carbocycles. The molecule has 20 heavy (non-hydrogen) atoms. The maximum Gasteiger partial charge on any atom is 0.307 e. The lowest BCUT2D eigenvalue weighted by Crippen LogP contribution is -2.33. The van der Waals surface area contributed by atoms with E-state index in [-0.39, 0.29) is 17.4 Å². The molecule has 0 bridgehead atoms. The van der Waals surface area contributed by atoms with E-state index in [0.29, 0.717) is 5.56 Å². The van der Waals surface area contributed by atoms with Crippen molar-refractivity contribution in [2.24, 2.45) is 0 Å². The van der Waals surface area contributed by atoms with Gasteiger partial charge in [0.2, 0.25) is 10.0 Å². The average molecular weight is 317 g/mol. The smallest absolute Gasteiger partial charge is 0.307 e. The van der Waals surface area contributed by atoms with Crippen LogP contribution in [-0.4, -0.2) is 37.5 Å². The average Bonchev–Trinajstić information content (AvgIpc) is 2.35. The molecule has 0 amide bonds. The molecule has 5 nitrogen and oxygen atoms in total. The van der Waals surface area contributed by atoms with Crippen molar-refractivity contribution in [2.45, 2.75) is 30.7 Å². The monoisotopic (exact) mass is 317 g/mol. The van der Waals surface area contributed by atoms with Crippen LogP contribution in [0, 0.1) is 0 Å². The van der Waals surface area contributed by atoms with Gasteiger partial charge in [-0.15, -0.1) is 0 Å². The molecule has 2 N–H and O–H groups in total. The Balaban J connectivity index is 2.74. The summed E-state index contributed by atoms with van der Waals surface area (Å²) in [5.74, 6) is -0.0502. The van der Waals surface area contributed by atoms with Crippen molar-refractivity contribution in [2.75, 3.05) is 12.0 Å². The van der Waals surface area contributed by atoms with Gasteiger partial charge in [0, 0.05) is 6.04 Å². The van der Waals surface area contributed by atoms with Crippen LogP contribution in [0.4, 0.5) is 0 Å². The van der Waals surface area contributed by atoms with Gasteiger partial charge in [0.05, 0.1) is 11.3 Å². The SMILES string of the molecule is CSCCC(C)NS(=O)(=O)c1ccc(CC(=O)O)cc1. The van der Waals surface area contributed by atoms with Gasteiger partial charge in [-0.05, 0) is 43.0 Å². The number of rotatable bonds is 8. The van der Waals surface area contributed by atoms with Gasteiger partial charge < -0.3 is 5.11 Å². The predicted molar refractivity (Wildman–Crippen MR) is 80.6 cm³/mol. The Labute approximate surface area is 123 Å². The summed E-state index contributed by atoms with van der Waals surface area (Å²) in [4.78, 5) is 10.7. The van der Waals surface area contributed by atoms with Crippen molar-refractivity contribution in [3.8, 4) is 0 Å². The Morgan fingerprint density at radius 2 is 1.95 bits per heavy atom. The van der Waals surface area contributed by atoms with Crippen LogP contribution in [0.1, 0.15) is 18.9 Å². The second-order valence-electron chi connectivity index (χ2n) is 4.52. The molecule has 0 fully saturated rings. The van der Waals surface area contributed by atoms with Gasteiger partial charge in [0.25, 0.3) is 0 Å². The van der Waals surface area contributed by atoms with E-state index in [0.717, 1.165) is 12.2 Å². The molecule has 0 spiro atoms. The molecule has 0 aliphatic heterocycles. The van der Waals surface area contributed by atoms with Crippen LogP contribution in [0.15, 0.2) is 29.2 Å². The zero-order valence-electron chi connectivity index (χ0n) is 11.5. The van der Waals surface area contributed by atoms with Crippen molar-refractivity contribution >= 4 is 27.8 Å². The summed E-state index contributed by atoms with van der Waals surface area (Å²) in [7, 11) is -3.54. The first-order chi connectivity index (χ1) is 9.35. The van der Waals surface area contributed by atoms with Gasteiger partial charge in [-0.2, -0.15) is 11.8 Å². The highest BCUT2D eigenvalue weighted by molar-refractivity contribution is 7.98. The quantitative estimate of drug-likeness (QED) is 0.763. The maximum atomic E-state index is 12.1. The first kappa shape index (κ1) is 17.0. The summed E-state index contributed by atoms with van der Waals surface area (Å²) in [6, 6.07) is 5.78. The van der Waals surface area contributed by atoms with E-state index >= 15 is 0 Å². The number of carboxylic acid groups (broad SMARTS) is 1. The van der Waals surface area contributed by atoms with Crippen molar-refractivity contribution in [3.05, 3.63) is 29.8 Å². The van der Waals surface area contributed by atoms with Gasteiger partial charge in [0.15, 0.2) is 0 Å². The largest absolute Gasteiger partial charge is 0.481 e. The molecule has 1 aromatic rings. The molecule has 0 radical (unpaired) electrons. The van der Waals surface area contributed by atoms with Crippen LogP contribution in [0.3, 0.4) is 0 Å². The van der Waals surface area contributed by atoms with E-state index in [4.69, 9.17) is 5.11 Å². The van der Waals surface area contributed by atoms with Crippen LogP contribution in [0.25, 0.3) is 0 Å². The van der Waals surface area contributed by atoms with E-state index in [1.807, 2.05) is 13.2 Å². The second-order valence-corrected chi connectivity index (χ2v) is 7.22. The van der Waals surface area contributed by atoms with Crippen LogP contribution < -0.4 is 4.72 Å². The Morgan fingerprint density at radius 1 is 1.35 bits per heavy atom. The number of hydrogen-bond donors (Lipinski definition) is 2. The fraction of sp³-hybridized carbons (Fsp3) is 0.462. The third kappa shape index (κ3) is 5.52. The highest BCUT2D eigenvalue weighted by Gasteiger charge is 2.17. The van der Waals surface area contributed by atoms with E-state index in [1.165, 1.54) is 24.3 Å². The summed E-state index contributed by atoms with van der Waals surface area (Å²) < 4.78 is 26.8. The number of carboxylic acids is 1. The lowest BCUT2D eigenvalue weighted by molar-refractivity contribution is -0.136. The third-order valence-corrected chi connectivity index (χ3v) is 4.95. The molecule has 0 saturated carbocycles. The number of sulfonamides is 1. The first-order valence-electron chi connectivity index (χ1n) is 6.17. The topological polar surface area (TPSA) is 83.5 Å². The number of carbonyl (C=O) groups is 1. The van der Waals surface area contributed by atoms with Gasteiger partial charge in [-0.25, -0.2) is 13.1 Å². The van der Waals surface area contributed by atoms with Gasteiger partial charge in [-0.1, -0.05) is 12.1 Å². The Hall–Kier alpha value is -1.05. The number of aliphatic carboxylic acids is 1. The summed E-state index contributed by atoms with van der Waals surface area (Å²) in [6.07, 6.45) is 2.62. The summed E-state index contributed by atoms with van der Waals surface area (Å²) in [5.41, 5.74) is 0.576. The van der Waals surface area contributed by atoms with Crippen molar-refractivity contribution in [1.82, 2.24) is 4.72 Å². The Kier molecular flexibility index (Phi) is 6.51. The van der Waals surface area contributed by atoms with Crippen LogP contribution >= 0.6 is 11.8 Å². The van der Waals surface area contributed by atoms with Crippen LogP contribution in [0.2, 0.25) is 0 Å². The number of hydrogen-bond acceptors (Lipinski definition) is 4. The summed E-state index contributed by atoms with van der Waals surface area (Å²) in [5, 5.41) is 8.66. The zero-order valence-corrected chi connectivity index (χ0v) is 13.1. The zero-order chi connectivity index (χ0) is 15.2. The van der Waals surface area contributed by atoms with Gasteiger partial charge in [0.1, 0.15) is 0 Å². The molecule has 0 aliphatic carbocycles. The fourth-order valence-electron chi connectivity index (χ4n) is 1.65.